The third kappa shape index (κ3) is 3.85. The fourth-order valence-corrected chi connectivity index (χ4v) is 1.36. The number of ether oxygens (including phenoxy) is 2. The van der Waals surface area contributed by atoms with Crippen LogP contribution in [0.4, 0.5) is 5.82 Å². The first kappa shape index (κ1) is 14.2. The molecule has 0 amide bonds. The Balaban J connectivity index is 2.92. The molecule has 0 saturated heterocycles. The zero-order valence-corrected chi connectivity index (χ0v) is 10.6. The van der Waals surface area contributed by atoms with Crippen molar-refractivity contribution in [1.82, 2.24) is 9.97 Å². The van der Waals surface area contributed by atoms with Crippen molar-refractivity contribution < 1.29 is 19.4 Å². The Morgan fingerprint density at radius 1 is 1.50 bits per heavy atom. The molecule has 0 radical (unpaired) electrons. The van der Waals surface area contributed by atoms with Crippen molar-refractivity contribution in [3.8, 4) is 5.88 Å². The Morgan fingerprint density at radius 3 is 2.72 bits per heavy atom. The number of nitrogens with zero attached hydrogens (tertiary/aromatic N) is 2. The molecule has 18 heavy (non-hydrogen) atoms. The summed E-state index contributed by atoms with van der Waals surface area (Å²) in [6.07, 6.45) is 0.446. The monoisotopic (exact) mass is 255 g/mol. The van der Waals surface area contributed by atoms with Gasteiger partial charge in [0, 0.05) is 13.2 Å². The molecular formula is C11H17N3O4. The van der Waals surface area contributed by atoms with E-state index in [0.29, 0.717) is 23.9 Å². The number of methoxy groups -OCH3 is 2. The SMILES string of the molecule is CC[C@@H](Nc1cc(OC)nc(COC)n1)C(=O)O. The zero-order valence-electron chi connectivity index (χ0n) is 10.6. The van der Waals surface area contributed by atoms with Crippen LogP contribution in [0, 0.1) is 0 Å². The normalized spacial score (nSPS) is 11.9. The van der Waals surface area contributed by atoms with E-state index in [2.05, 4.69) is 15.3 Å². The molecule has 2 N–H and O–H groups in total. The number of carboxylic acids is 1. The van der Waals surface area contributed by atoms with Crippen LogP contribution in [0.3, 0.4) is 0 Å². The molecule has 0 aliphatic rings. The fourth-order valence-electron chi connectivity index (χ4n) is 1.36. The smallest absolute Gasteiger partial charge is 0.326 e. The van der Waals surface area contributed by atoms with Gasteiger partial charge in [-0.2, -0.15) is 4.98 Å². The van der Waals surface area contributed by atoms with Crippen LogP contribution in [0.15, 0.2) is 6.07 Å². The molecule has 7 nitrogen and oxygen atoms in total. The Kier molecular flexibility index (Phi) is 5.31. The summed E-state index contributed by atoms with van der Waals surface area (Å²) in [5, 5.41) is 11.8. The number of rotatable bonds is 7. The van der Waals surface area contributed by atoms with Gasteiger partial charge >= 0.3 is 5.97 Å². The Bertz CT molecular complexity index is 411. The van der Waals surface area contributed by atoms with Crippen LogP contribution in [0.2, 0.25) is 0 Å². The second kappa shape index (κ2) is 6.75. The van der Waals surface area contributed by atoms with Gasteiger partial charge in [0.15, 0.2) is 5.82 Å². The van der Waals surface area contributed by atoms with Crippen LogP contribution in [0.25, 0.3) is 0 Å². The predicted molar refractivity (Wildman–Crippen MR) is 64.6 cm³/mol. The van der Waals surface area contributed by atoms with Gasteiger partial charge in [-0.1, -0.05) is 6.92 Å². The minimum Gasteiger partial charge on any atom is -0.481 e. The molecule has 1 heterocycles. The van der Waals surface area contributed by atoms with E-state index in [1.54, 1.807) is 13.0 Å². The molecule has 0 bridgehead atoms. The van der Waals surface area contributed by atoms with Crippen molar-refractivity contribution >= 4 is 11.8 Å². The number of carboxylic acid groups (broad SMARTS) is 1. The summed E-state index contributed by atoms with van der Waals surface area (Å²) in [5.74, 6) is 0.269. The minimum atomic E-state index is -0.927. The first-order valence-corrected chi connectivity index (χ1v) is 5.51. The van der Waals surface area contributed by atoms with Crippen molar-refractivity contribution in [3.05, 3.63) is 11.9 Å². The van der Waals surface area contributed by atoms with Gasteiger partial charge in [-0.25, -0.2) is 9.78 Å². The summed E-state index contributed by atoms with van der Waals surface area (Å²) < 4.78 is 9.96. The van der Waals surface area contributed by atoms with Gasteiger partial charge in [0.05, 0.1) is 7.11 Å². The number of hydrogen-bond donors (Lipinski definition) is 2. The highest BCUT2D eigenvalue weighted by Gasteiger charge is 2.16. The van der Waals surface area contributed by atoms with E-state index in [1.165, 1.54) is 14.2 Å². The highest BCUT2D eigenvalue weighted by atomic mass is 16.5. The summed E-state index contributed by atoms with van der Waals surface area (Å²) in [5.41, 5.74) is 0. The van der Waals surface area contributed by atoms with Gasteiger partial charge < -0.3 is 19.9 Å². The van der Waals surface area contributed by atoms with E-state index in [0.717, 1.165) is 0 Å². The molecular weight excluding hydrogens is 238 g/mol. The van der Waals surface area contributed by atoms with Crippen molar-refractivity contribution in [2.45, 2.75) is 26.0 Å². The highest BCUT2D eigenvalue weighted by Crippen LogP contribution is 2.15. The summed E-state index contributed by atoms with van der Waals surface area (Å²) in [4.78, 5) is 19.2. The number of aromatic nitrogens is 2. The number of anilines is 1. The third-order valence-corrected chi connectivity index (χ3v) is 2.26. The second-order valence-corrected chi connectivity index (χ2v) is 3.59. The molecule has 1 aromatic heterocycles. The standard InChI is InChI=1S/C11H17N3O4/c1-4-7(11(15)16)12-8-5-10(18-3)14-9(13-8)6-17-2/h5,7H,4,6H2,1-3H3,(H,15,16)(H,12,13,14)/t7-/m1/s1. The first-order chi connectivity index (χ1) is 8.60. The maximum atomic E-state index is 10.9. The summed E-state index contributed by atoms with van der Waals surface area (Å²) in [6.45, 7) is 2.01. The van der Waals surface area contributed by atoms with Crippen molar-refractivity contribution in [2.75, 3.05) is 19.5 Å². The lowest BCUT2D eigenvalue weighted by Gasteiger charge is -2.14. The van der Waals surface area contributed by atoms with Gasteiger partial charge in [-0.15, -0.1) is 0 Å². The number of hydrogen-bond acceptors (Lipinski definition) is 6. The average molecular weight is 255 g/mol. The average Bonchev–Trinajstić information content (AvgIpc) is 2.35. The van der Waals surface area contributed by atoms with Gasteiger partial charge in [-0.3, -0.25) is 0 Å². The Morgan fingerprint density at radius 2 is 2.22 bits per heavy atom. The quantitative estimate of drug-likeness (QED) is 0.747. The molecule has 0 aromatic carbocycles. The van der Waals surface area contributed by atoms with E-state index in [4.69, 9.17) is 14.6 Å². The first-order valence-electron chi connectivity index (χ1n) is 5.51. The minimum absolute atomic E-state index is 0.232. The van der Waals surface area contributed by atoms with Gasteiger partial charge in [-0.05, 0) is 6.42 Å². The van der Waals surface area contributed by atoms with Crippen LogP contribution in [-0.2, 0) is 16.1 Å². The molecule has 0 saturated carbocycles. The van der Waals surface area contributed by atoms with E-state index in [9.17, 15) is 4.79 Å². The lowest BCUT2D eigenvalue weighted by molar-refractivity contribution is -0.137. The molecule has 1 aromatic rings. The molecule has 0 spiro atoms. The predicted octanol–water partition coefficient (Wildman–Crippen LogP) is 0.907. The largest absolute Gasteiger partial charge is 0.481 e. The summed E-state index contributed by atoms with van der Waals surface area (Å²) >= 11 is 0. The third-order valence-electron chi connectivity index (χ3n) is 2.26. The molecule has 0 aliphatic heterocycles. The van der Waals surface area contributed by atoms with E-state index in [-0.39, 0.29) is 6.61 Å². The molecule has 0 unspecified atom stereocenters. The number of carbonyl (C=O) groups is 1. The Hall–Kier alpha value is -1.89. The number of aliphatic carboxylic acids is 1. The van der Waals surface area contributed by atoms with Crippen LogP contribution in [0.5, 0.6) is 5.88 Å². The second-order valence-electron chi connectivity index (χ2n) is 3.59. The molecule has 7 heteroatoms. The van der Waals surface area contributed by atoms with Crippen molar-refractivity contribution in [3.63, 3.8) is 0 Å². The van der Waals surface area contributed by atoms with Crippen molar-refractivity contribution in [2.24, 2.45) is 0 Å². The zero-order chi connectivity index (χ0) is 13.5. The summed E-state index contributed by atoms with van der Waals surface area (Å²) in [6, 6.07) is 0.852. The highest BCUT2D eigenvalue weighted by molar-refractivity contribution is 5.76. The van der Waals surface area contributed by atoms with Crippen LogP contribution < -0.4 is 10.1 Å². The molecule has 100 valence electrons. The lowest BCUT2D eigenvalue weighted by atomic mass is 10.2. The molecule has 0 fully saturated rings. The van der Waals surface area contributed by atoms with Gasteiger partial charge in [0.25, 0.3) is 0 Å². The van der Waals surface area contributed by atoms with Gasteiger partial charge in [0.2, 0.25) is 5.88 Å². The van der Waals surface area contributed by atoms with E-state index >= 15 is 0 Å². The lowest BCUT2D eigenvalue weighted by Crippen LogP contribution is -2.28. The number of nitrogens with one attached hydrogen (secondary N) is 1. The summed E-state index contributed by atoms with van der Waals surface area (Å²) in [7, 11) is 3.01. The van der Waals surface area contributed by atoms with Crippen molar-refractivity contribution in [1.29, 1.82) is 0 Å². The molecule has 0 aliphatic carbocycles. The maximum Gasteiger partial charge on any atom is 0.326 e. The van der Waals surface area contributed by atoms with Crippen LogP contribution in [0.1, 0.15) is 19.2 Å². The molecule has 1 atom stereocenters. The van der Waals surface area contributed by atoms with Crippen LogP contribution >= 0.6 is 0 Å². The van der Waals surface area contributed by atoms with E-state index in [1.807, 2.05) is 0 Å². The van der Waals surface area contributed by atoms with Gasteiger partial charge in [0.1, 0.15) is 18.5 Å². The maximum absolute atomic E-state index is 10.9. The van der Waals surface area contributed by atoms with Crippen LogP contribution in [-0.4, -0.2) is 41.3 Å². The Labute approximate surface area is 105 Å². The van der Waals surface area contributed by atoms with E-state index < -0.39 is 12.0 Å². The molecule has 1 rings (SSSR count). The fraction of sp³-hybridized carbons (Fsp3) is 0.545. The topological polar surface area (TPSA) is 93.6 Å².